The van der Waals surface area contributed by atoms with Crippen molar-refractivity contribution in [3.8, 4) is 0 Å². The van der Waals surface area contributed by atoms with E-state index in [1.54, 1.807) is 11.3 Å². The second-order valence-corrected chi connectivity index (χ2v) is 4.31. The van der Waals surface area contributed by atoms with E-state index in [-0.39, 0.29) is 0 Å². The smallest absolute Gasteiger partial charge is 0.180 e. The second kappa shape index (κ2) is 3.47. The molecule has 0 atom stereocenters. The van der Waals surface area contributed by atoms with Gasteiger partial charge < -0.3 is 5.73 Å². The quantitative estimate of drug-likeness (QED) is 0.723. The Hall–Kier alpha value is -0.870. The van der Waals surface area contributed by atoms with Crippen LogP contribution in [0.15, 0.2) is 12.7 Å². The highest BCUT2D eigenvalue weighted by molar-refractivity contribution is 7.15. The molecule has 4 heteroatoms. The normalized spacial score (nSPS) is 16.9. The Morgan fingerprint density at radius 3 is 3.31 bits per heavy atom. The molecule has 0 spiro atoms. The Kier molecular flexibility index (Phi) is 2.33. The van der Waals surface area contributed by atoms with Gasteiger partial charge in [0.15, 0.2) is 5.13 Å². The molecular weight excluding hydrogens is 182 g/mol. The molecule has 70 valence electrons. The lowest BCUT2D eigenvalue weighted by Crippen LogP contribution is -2.29. The molecule has 0 aliphatic carbocycles. The van der Waals surface area contributed by atoms with Crippen LogP contribution < -0.4 is 5.73 Å². The van der Waals surface area contributed by atoms with Crippen molar-refractivity contribution in [3.05, 3.63) is 23.2 Å². The average molecular weight is 195 g/mol. The van der Waals surface area contributed by atoms with Gasteiger partial charge in [-0.1, -0.05) is 6.08 Å². The molecule has 2 N–H and O–H groups in total. The van der Waals surface area contributed by atoms with Crippen molar-refractivity contribution in [2.75, 3.05) is 18.8 Å². The fourth-order valence-corrected chi connectivity index (χ4v) is 2.53. The number of hydrogen-bond acceptors (Lipinski definition) is 4. The van der Waals surface area contributed by atoms with Crippen LogP contribution in [0.3, 0.4) is 0 Å². The standard InChI is InChI=1S/C9H13N3S/c1-2-4-12-5-3-7-8(6-12)13-9(10)11-7/h2H,1,3-6H2,(H2,10,11). The molecule has 1 aliphatic heterocycles. The summed E-state index contributed by atoms with van der Waals surface area (Å²) >= 11 is 1.61. The number of hydrogen-bond donors (Lipinski definition) is 1. The summed E-state index contributed by atoms with van der Waals surface area (Å²) < 4.78 is 0. The number of aromatic nitrogens is 1. The molecule has 0 saturated carbocycles. The van der Waals surface area contributed by atoms with Gasteiger partial charge in [0.1, 0.15) is 0 Å². The summed E-state index contributed by atoms with van der Waals surface area (Å²) in [5.41, 5.74) is 6.84. The summed E-state index contributed by atoms with van der Waals surface area (Å²) in [6, 6.07) is 0. The Morgan fingerprint density at radius 2 is 2.54 bits per heavy atom. The van der Waals surface area contributed by atoms with Gasteiger partial charge in [-0.3, -0.25) is 4.90 Å². The van der Waals surface area contributed by atoms with Gasteiger partial charge in [0.05, 0.1) is 5.69 Å². The molecule has 1 aliphatic rings. The fourth-order valence-electron chi connectivity index (χ4n) is 1.61. The number of nitrogen functional groups attached to an aromatic ring is 1. The maximum atomic E-state index is 5.65. The Morgan fingerprint density at radius 1 is 1.69 bits per heavy atom. The van der Waals surface area contributed by atoms with E-state index in [4.69, 9.17) is 5.73 Å². The maximum absolute atomic E-state index is 5.65. The van der Waals surface area contributed by atoms with Crippen molar-refractivity contribution in [1.82, 2.24) is 9.88 Å². The van der Waals surface area contributed by atoms with E-state index in [2.05, 4.69) is 16.5 Å². The number of fused-ring (bicyclic) bond motifs is 1. The lowest BCUT2D eigenvalue weighted by molar-refractivity contribution is 0.284. The molecular formula is C9H13N3S. The first-order chi connectivity index (χ1) is 6.29. The number of nitrogens with two attached hydrogens (primary N) is 1. The molecule has 0 unspecified atom stereocenters. The van der Waals surface area contributed by atoms with Gasteiger partial charge >= 0.3 is 0 Å². The highest BCUT2D eigenvalue weighted by Gasteiger charge is 2.18. The maximum Gasteiger partial charge on any atom is 0.180 e. The minimum atomic E-state index is 0.699. The van der Waals surface area contributed by atoms with Gasteiger partial charge in [0.2, 0.25) is 0 Å². The summed E-state index contributed by atoms with van der Waals surface area (Å²) in [5.74, 6) is 0. The van der Waals surface area contributed by atoms with E-state index < -0.39 is 0 Å². The molecule has 13 heavy (non-hydrogen) atoms. The van der Waals surface area contributed by atoms with Crippen LogP contribution in [-0.4, -0.2) is 23.0 Å². The topological polar surface area (TPSA) is 42.2 Å². The zero-order chi connectivity index (χ0) is 9.26. The van der Waals surface area contributed by atoms with E-state index in [0.29, 0.717) is 5.13 Å². The highest BCUT2D eigenvalue weighted by atomic mass is 32.1. The molecule has 0 bridgehead atoms. The molecule has 0 saturated heterocycles. The minimum Gasteiger partial charge on any atom is -0.375 e. The lowest BCUT2D eigenvalue weighted by Gasteiger charge is -2.24. The van der Waals surface area contributed by atoms with Crippen molar-refractivity contribution in [3.63, 3.8) is 0 Å². The molecule has 0 fully saturated rings. The van der Waals surface area contributed by atoms with Crippen molar-refractivity contribution in [1.29, 1.82) is 0 Å². The third-order valence-electron chi connectivity index (χ3n) is 2.21. The van der Waals surface area contributed by atoms with Crippen molar-refractivity contribution < 1.29 is 0 Å². The van der Waals surface area contributed by atoms with E-state index in [1.165, 1.54) is 10.6 Å². The summed E-state index contributed by atoms with van der Waals surface area (Å²) in [5, 5.41) is 0.699. The van der Waals surface area contributed by atoms with Gasteiger partial charge in [0.25, 0.3) is 0 Å². The van der Waals surface area contributed by atoms with Crippen molar-refractivity contribution in [2.45, 2.75) is 13.0 Å². The molecule has 1 aromatic rings. The second-order valence-electron chi connectivity index (χ2n) is 3.20. The third-order valence-corrected chi connectivity index (χ3v) is 3.13. The molecule has 0 amide bonds. The van der Waals surface area contributed by atoms with E-state index in [9.17, 15) is 0 Å². The first-order valence-electron chi connectivity index (χ1n) is 4.37. The van der Waals surface area contributed by atoms with Gasteiger partial charge in [-0.05, 0) is 0 Å². The predicted molar refractivity (Wildman–Crippen MR) is 55.7 cm³/mol. The summed E-state index contributed by atoms with van der Waals surface area (Å²) in [6.45, 7) is 6.75. The predicted octanol–water partition coefficient (Wildman–Crippen LogP) is 1.27. The van der Waals surface area contributed by atoms with Crippen LogP contribution in [0.25, 0.3) is 0 Å². The van der Waals surface area contributed by atoms with Gasteiger partial charge in [-0.15, -0.1) is 17.9 Å². The number of anilines is 1. The van der Waals surface area contributed by atoms with Crippen LogP contribution >= 0.6 is 11.3 Å². The zero-order valence-corrected chi connectivity index (χ0v) is 8.31. The van der Waals surface area contributed by atoms with Gasteiger partial charge in [0, 0.05) is 30.9 Å². The van der Waals surface area contributed by atoms with Gasteiger partial charge in [-0.25, -0.2) is 4.98 Å². The summed E-state index contributed by atoms with van der Waals surface area (Å²) in [7, 11) is 0. The van der Waals surface area contributed by atoms with E-state index >= 15 is 0 Å². The van der Waals surface area contributed by atoms with Crippen LogP contribution in [0.1, 0.15) is 10.6 Å². The van der Waals surface area contributed by atoms with Crippen LogP contribution in [0.4, 0.5) is 5.13 Å². The molecule has 1 aromatic heterocycles. The summed E-state index contributed by atoms with van der Waals surface area (Å²) in [6.07, 6.45) is 2.96. The Bertz CT molecular complexity index is 319. The SMILES string of the molecule is C=CCN1CCc2nc(N)sc2C1. The molecule has 3 nitrogen and oxygen atoms in total. The van der Waals surface area contributed by atoms with E-state index in [1.807, 2.05) is 6.08 Å². The molecule has 2 heterocycles. The summed E-state index contributed by atoms with van der Waals surface area (Å²) in [4.78, 5) is 7.97. The lowest BCUT2D eigenvalue weighted by atomic mass is 10.2. The van der Waals surface area contributed by atoms with Crippen LogP contribution in [0.2, 0.25) is 0 Å². The van der Waals surface area contributed by atoms with Gasteiger partial charge in [-0.2, -0.15) is 0 Å². The van der Waals surface area contributed by atoms with Crippen molar-refractivity contribution >= 4 is 16.5 Å². The minimum absolute atomic E-state index is 0.699. The van der Waals surface area contributed by atoms with Crippen LogP contribution in [-0.2, 0) is 13.0 Å². The van der Waals surface area contributed by atoms with Crippen LogP contribution in [0.5, 0.6) is 0 Å². The first kappa shape index (κ1) is 8.72. The average Bonchev–Trinajstić information content (AvgIpc) is 2.44. The van der Waals surface area contributed by atoms with E-state index in [0.717, 1.165) is 26.1 Å². The number of thiazole rings is 1. The number of nitrogens with zero attached hydrogens (tertiary/aromatic N) is 2. The fraction of sp³-hybridized carbons (Fsp3) is 0.444. The highest BCUT2D eigenvalue weighted by Crippen LogP contribution is 2.25. The van der Waals surface area contributed by atoms with Crippen LogP contribution in [0, 0.1) is 0 Å². The monoisotopic (exact) mass is 195 g/mol. The first-order valence-corrected chi connectivity index (χ1v) is 5.18. The molecule has 0 aromatic carbocycles. The number of rotatable bonds is 2. The Labute approximate surface area is 81.9 Å². The molecule has 2 rings (SSSR count). The molecule has 0 radical (unpaired) electrons. The third kappa shape index (κ3) is 1.73. The zero-order valence-electron chi connectivity index (χ0n) is 7.49. The van der Waals surface area contributed by atoms with Crippen molar-refractivity contribution in [2.24, 2.45) is 0 Å². The Balaban J connectivity index is 2.14. The largest absolute Gasteiger partial charge is 0.375 e.